The first-order valence-corrected chi connectivity index (χ1v) is 8.16. The maximum atomic E-state index is 12.0. The van der Waals surface area contributed by atoms with E-state index in [2.05, 4.69) is 12.2 Å². The standard InChI is InChI=1S/C16H19ClN2O5/c1-10-4-2-3-5-14(10)18-15(20)9-24-16(21)12-7-6-11(19(22)23)8-13(12)17/h6-8,10,14H,2-5,9H2,1H3,(H,18,20)/t10-,14-/m1/s1. The summed E-state index contributed by atoms with van der Waals surface area (Å²) < 4.78 is 4.94. The molecule has 0 saturated heterocycles. The lowest BCUT2D eigenvalue weighted by molar-refractivity contribution is -0.384. The van der Waals surface area contributed by atoms with Crippen molar-refractivity contribution in [3.8, 4) is 0 Å². The molecule has 0 aliphatic heterocycles. The molecule has 0 spiro atoms. The number of non-ortho nitro benzene ring substituents is 1. The second kappa shape index (κ2) is 8.10. The largest absolute Gasteiger partial charge is 0.452 e. The Morgan fingerprint density at radius 3 is 2.71 bits per heavy atom. The molecule has 1 aromatic rings. The summed E-state index contributed by atoms with van der Waals surface area (Å²) in [6.07, 6.45) is 4.24. The maximum Gasteiger partial charge on any atom is 0.340 e. The van der Waals surface area contributed by atoms with Crippen molar-refractivity contribution in [3.63, 3.8) is 0 Å². The lowest BCUT2D eigenvalue weighted by Crippen LogP contribution is -2.42. The number of nitro groups is 1. The summed E-state index contributed by atoms with van der Waals surface area (Å²) in [6.45, 7) is 1.68. The van der Waals surface area contributed by atoms with Gasteiger partial charge in [0.1, 0.15) is 0 Å². The zero-order valence-electron chi connectivity index (χ0n) is 13.3. The topological polar surface area (TPSA) is 98.5 Å². The number of amides is 1. The van der Waals surface area contributed by atoms with E-state index in [0.29, 0.717) is 5.92 Å². The molecule has 130 valence electrons. The Kier molecular flexibility index (Phi) is 6.14. The summed E-state index contributed by atoms with van der Waals surface area (Å²) in [7, 11) is 0. The molecule has 1 fully saturated rings. The van der Waals surface area contributed by atoms with E-state index >= 15 is 0 Å². The summed E-state index contributed by atoms with van der Waals surface area (Å²) in [5.74, 6) is -0.746. The third-order valence-corrected chi connectivity index (χ3v) is 4.49. The fraction of sp³-hybridized carbons (Fsp3) is 0.500. The number of nitrogens with zero attached hydrogens (tertiary/aromatic N) is 1. The Morgan fingerprint density at radius 2 is 2.08 bits per heavy atom. The van der Waals surface area contributed by atoms with Crippen molar-refractivity contribution in [2.45, 2.75) is 38.6 Å². The Labute approximate surface area is 144 Å². The van der Waals surface area contributed by atoms with E-state index in [1.165, 1.54) is 12.5 Å². The summed E-state index contributed by atoms with van der Waals surface area (Å²) in [5.41, 5.74) is -0.235. The molecule has 24 heavy (non-hydrogen) atoms. The van der Waals surface area contributed by atoms with Crippen molar-refractivity contribution in [3.05, 3.63) is 38.9 Å². The molecule has 1 aliphatic rings. The molecule has 2 atom stereocenters. The lowest BCUT2D eigenvalue weighted by Gasteiger charge is -2.29. The van der Waals surface area contributed by atoms with Gasteiger partial charge in [0.15, 0.2) is 6.61 Å². The van der Waals surface area contributed by atoms with Crippen LogP contribution < -0.4 is 5.32 Å². The van der Waals surface area contributed by atoms with Gasteiger partial charge in [-0.05, 0) is 24.8 Å². The lowest BCUT2D eigenvalue weighted by atomic mass is 9.86. The van der Waals surface area contributed by atoms with Gasteiger partial charge in [0.25, 0.3) is 11.6 Å². The molecule has 2 rings (SSSR count). The van der Waals surface area contributed by atoms with Crippen molar-refractivity contribution in [1.82, 2.24) is 5.32 Å². The summed E-state index contributed by atoms with van der Waals surface area (Å²) in [5, 5.41) is 13.4. The SMILES string of the molecule is C[C@@H]1CCCC[C@H]1NC(=O)COC(=O)c1ccc([N+](=O)[O-])cc1Cl. The fourth-order valence-corrected chi connectivity index (χ4v) is 3.02. The van der Waals surface area contributed by atoms with E-state index in [0.717, 1.165) is 31.4 Å². The number of nitrogens with one attached hydrogen (secondary N) is 1. The molecule has 0 bridgehead atoms. The van der Waals surface area contributed by atoms with Crippen molar-refractivity contribution in [2.24, 2.45) is 5.92 Å². The van der Waals surface area contributed by atoms with Crippen LogP contribution in [0.15, 0.2) is 18.2 Å². The van der Waals surface area contributed by atoms with E-state index in [1.54, 1.807) is 0 Å². The Hall–Kier alpha value is -2.15. The highest BCUT2D eigenvalue weighted by Crippen LogP contribution is 2.24. The summed E-state index contributed by atoms with van der Waals surface area (Å²) in [6, 6.07) is 3.55. The fourth-order valence-electron chi connectivity index (χ4n) is 2.77. The first kappa shape index (κ1) is 18.2. The van der Waals surface area contributed by atoms with E-state index in [1.807, 2.05) is 0 Å². The van der Waals surface area contributed by atoms with Gasteiger partial charge in [0.2, 0.25) is 0 Å². The maximum absolute atomic E-state index is 12.0. The molecule has 0 radical (unpaired) electrons. The van der Waals surface area contributed by atoms with Gasteiger partial charge < -0.3 is 10.1 Å². The van der Waals surface area contributed by atoms with Crippen LogP contribution in [0, 0.1) is 16.0 Å². The minimum atomic E-state index is -0.790. The third kappa shape index (κ3) is 4.67. The van der Waals surface area contributed by atoms with Crippen LogP contribution in [-0.4, -0.2) is 29.4 Å². The van der Waals surface area contributed by atoms with Crippen molar-refractivity contribution in [1.29, 1.82) is 0 Å². The van der Waals surface area contributed by atoms with Gasteiger partial charge in [0, 0.05) is 18.2 Å². The molecular weight excluding hydrogens is 336 g/mol. The monoisotopic (exact) mass is 354 g/mol. The number of esters is 1. The number of nitro benzene ring substituents is 1. The molecule has 1 N–H and O–H groups in total. The molecule has 7 nitrogen and oxygen atoms in total. The minimum absolute atomic E-state index is 0.0129. The number of hydrogen-bond acceptors (Lipinski definition) is 5. The van der Waals surface area contributed by atoms with Crippen LogP contribution >= 0.6 is 11.6 Å². The molecule has 0 heterocycles. The van der Waals surface area contributed by atoms with Crippen LogP contribution in [0.4, 0.5) is 5.69 Å². The van der Waals surface area contributed by atoms with Crippen LogP contribution in [0.3, 0.4) is 0 Å². The molecule has 1 aliphatic carbocycles. The van der Waals surface area contributed by atoms with Crippen LogP contribution in [0.2, 0.25) is 5.02 Å². The second-order valence-corrected chi connectivity index (χ2v) is 6.34. The average Bonchev–Trinajstić information content (AvgIpc) is 2.54. The zero-order chi connectivity index (χ0) is 17.7. The normalized spacial score (nSPS) is 20.2. The molecule has 8 heteroatoms. The van der Waals surface area contributed by atoms with Gasteiger partial charge in [-0.3, -0.25) is 14.9 Å². The zero-order valence-corrected chi connectivity index (χ0v) is 14.0. The van der Waals surface area contributed by atoms with Crippen LogP contribution in [0.25, 0.3) is 0 Å². The first-order chi connectivity index (χ1) is 11.4. The highest BCUT2D eigenvalue weighted by Gasteiger charge is 2.23. The Morgan fingerprint density at radius 1 is 1.38 bits per heavy atom. The summed E-state index contributed by atoms with van der Waals surface area (Å²) >= 11 is 5.85. The van der Waals surface area contributed by atoms with Crippen molar-refractivity contribution >= 4 is 29.2 Å². The smallest absolute Gasteiger partial charge is 0.340 e. The Bertz CT molecular complexity index is 649. The number of halogens is 1. The highest BCUT2D eigenvalue weighted by atomic mass is 35.5. The second-order valence-electron chi connectivity index (χ2n) is 5.93. The average molecular weight is 355 g/mol. The Balaban J connectivity index is 1.88. The number of benzene rings is 1. The minimum Gasteiger partial charge on any atom is -0.452 e. The molecular formula is C16H19ClN2O5. The number of carbonyl (C=O) groups is 2. The van der Waals surface area contributed by atoms with Crippen LogP contribution in [0.5, 0.6) is 0 Å². The predicted molar refractivity (Wildman–Crippen MR) is 88.0 cm³/mol. The van der Waals surface area contributed by atoms with Crippen LogP contribution in [-0.2, 0) is 9.53 Å². The summed E-state index contributed by atoms with van der Waals surface area (Å²) in [4.78, 5) is 33.9. The van der Waals surface area contributed by atoms with Crippen LogP contribution in [0.1, 0.15) is 43.0 Å². The molecule has 0 unspecified atom stereocenters. The number of rotatable bonds is 5. The van der Waals surface area contributed by atoms with Gasteiger partial charge >= 0.3 is 5.97 Å². The molecule has 1 amide bonds. The quantitative estimate of drug-likeness (QED) is 0.497. The number of ether oxygens (including phenoxy) is 1. The third-order valence-electron chi connectivity index (χ3n) is 4.18. The van der Waals surface area contributed by atoms with Crippen molar-refractivity contribution < 1.29 is 19.2 Å². The highest BCUT2D eigenvalue weighted by molar-refractivity contribution is 6.33. The van der Waals surface area contributed by atoms with E-state index in [4.69, 9.17) is 16.3 Å². The predicted octanol–water partition coefficient (Wildman–Crippen LogP) is 3.10. The van der Waals surface area contributed by atoms with Gasteiger partial charge in [0.05, 0.1) is 15.5 Å². The van der Waals surface area contributed by atoms with Gasteiger partial charge in [-0.15, -0.1) is 0 Å². The first-order valence-electron chi connectivity index (χ1n) is 7.79. The number of carbonyl (C=O) groups excluding carboxylic acids is 2. The van der Waals surface area contributed by atoms with E-state index in [-0.39, 0.29) is 28.2 Å². The molecule has 0 aromatic heterocycles. The number of hydrogen-bond donors (Lipinski definition) is 1. The van der Waals surface area contributed by atoms with Gasteiger partial charge in [-0.25, -0.2) is 4.79 Å². The van der Waals surface area contributed by atoms with E-state index in [9.17, 15) is 19.7 Å². The van der Waals surface area contributed by atoms with E-state index < -0.39 is 17.5 Å². The van der Waals surface area contributed by atoms with Gasteiger partial charge in [-0.1, -0.05) is 31.4 Å². The molecule has 1 saturated carbocycles. The van der Waals surface area contributed by atoms with Gasteiger partial charge in [-0.2, -0.15) is 0 Å². The van der Waals surface area contributed by atoms with Crippen molar-refractivity contribution in [2.75, 3.05) is 6.61 Å². The molecule has 1 aromatic carbocycles.